The molecule has 1 amide bonds. The fourth-order valence-electron chi connectivity index (χ4n) is 3.11. The molecule has 2 aromatic rings. The van der Waals surface area contributed by atoms with Gasteiger partial charge in [0, 0.05) is 51.6 Å². The van der Waals surface area contributed by atoms with Crippen LogP contribution in [0.4, 0.5) is 4.79 Å². The minimum Gasteiger partial charge on any atom is -0.461 e. The van der Waals surface area contributed by atoms with Crippen molar-refractivity contribution < 1.29 is 13.9 Å². The van der Waals surface area contributed by atoms with Crippen molar-refractivity contribution in [3.05, 3.63) is 36.1 Å². The average molecular weight is 358 g/mol. The van der Waals surface area contributed by atoms with E-state index in [9.17, 15) is 4.79 Å². The Hall–Kier alpha value is -2.70. The molecular weight excluding hydrogens is 332 g/mol. The predicted octanol–water partition coefficient (Wildman–Crippen LogP) is 2.32. The molecule has 0 atom stereocenters. The Bertz CT molecular complexity index is 730. The van der Waals surface area contributed by atoms with Crippen molar-refractivity contribution >= 4 is 23.0 Å². The van der Waals surface area contributed by atoms with E-state index < -0.39 is 0 Å². The number of piperazine rings is 1. The number of hydrogen-bond acceptors (Lipinski definition) is 4. The molecule has 1 saturated heterocycles. The third kappa shape index (κ3) is 4.28. The molecule has 3 rings (SSSR count). The van der Waals surface area contributed by atoms with E-state index in [2.05, 4.69) is 27.3 Å². The van der Waals surface area contributed by atoms with E-state index in [1.54, 1.807) is 11.9 Å². The Kier molecular flexibility index (Phi) is 5.99. The zero-order chi connectivity index (χ0) is 18.4. The van der Waals surface area contributed by atoms with Gasteiger partial charge in [0.25, 0.3) is 0 Å². The van der Waals surface area contributed by atoms with Gasteiger partial charge in [-0.05, 0) is 19.1 Å². The normalized spacial score (nSPS) is 15.4. The maximum atomic E-state index is 11.8. The molecule has 0 unspecified atom stereocenters. The van der Waals surface area contributed by atoms with Crippen molar-refractivity contribution in [2.24, 2.45) is 4.99 Å². The minimum atomic E-state index is -0.236. The number of benzene rings is 1. The number of aliphatic imine (C=N–C) groups is 1. The highest BCUT2D eigenvalue weighted by Gasteiger charge is 2.23. The fraction of sp³-hybridized carbons (Fsp3) is 0.474. The number of carbonyl (C=O) groups is 1. The number of fused-ring (bicyclic) bond motifs is 1. The number of nitrogens with one attached hydrogen (secondary N) is 1. The monoisotopic (exact) mass is 358 g/mol. The van der Waals surface area contributed by atoms with Gasteiger partial charge in [0.1, 0.15) is 11.3 Å². The zero-order valence-electron chi connectivity index (χ0n) is 15.4. The van der Waals surface area contributed by atoms with Gasteiger partial charge in [-0.2, -0.15) is 0 Å². The first-order valence-corrected chi connectivity index (χ1v) is 9.06. The van der Waals surface area contributed by atoms with E-state index in [-0.39, 0.29) is 6.09 Å². The number of ether oxygens (including phenoxy) is 1. The van der Waals surface area contributed by atoms with Crippen LogP contribution in [0.1, 0.15) is 12.7 Å². The third-order valence-electron chi connectivity index (χ3n) is 4.45. The molecule has 2 heterocycles. The summed E-state index contributed by atoms with van der Waals surface area (Å²) in [5.74, 6) is 1.81. The highest BCUT2D eigenvalue weighted by atomic mass is 16.6. The first kappa shape index (κ1) is 18.1. The molecular formula is C19H26N4O3. The number of nitrogens with zero attached hydrogens (tertiary/aromatic N) is 3. The van der Waals surface area contributed by atoms with Crippen molar-refractivity contribution in [3.8, 4) is 0 Å². The van der Waals surface area contributed by atoms with E-state index in [0.717, 1.165) is 48.7 Å². The Morgan fingerprint density at radius 2 is 1.96 bits per heavy atom. The molecule has 1 aliphatic rings. The van der Waals surface area contributed by atoms with Crippen molar-refractivity contribution in [3.63, 3.8) is 0 Å². The molecule has 7 heteroatoms. The topological polar surface area (TPSA) is 70.3 Å². The second-order valence-corrected chi connectivity index (χ2v) is 6.15. The molecule has 140 valence electrons. The van der Waals surface area contributed by atoms with E-state index in [1.165, 1.54) is 0 Å². The van der Waals surface area contributed by atoms with Crippen LogP contribution in [0.25, 0.3) is 11.0 Å². The van der Waals surface area contributed by atoms with Crippen LogP contribution in [0, 0.1) is 0 Å². The smallest absolute Gasteiger partial charge is 0.409 e. The maximum absolute atomic E-state index is 11.8. The summed E-state index contributed by atoms with van der Waals surface area (Å²) in [6.07, 6.45) is 0.552. The Morgan fingerprint density at radius 3 is 2.65 bits per heavy atom. The van der Waals surface area contributed by atoms with Gasteiger partial charge in [-0.3, -0.25) is 4.99 Å². The summed E-state index contributed by atoms with van der Waals surface area (Å²) in [5, 5.41) is 4.51. The summed E-state index contributed by atoms with van der Waals surface area (Å²) >= 11 is 0. The van der Waals surface area contributed by atoms with Crippen LogP contribution >= 0.6 is 0 Å². The quantitative estimate of drug-likeness (QED) is 0.671. The van der Waals surface area contributed by atoms with Crippen LogP contribution in [0.2, 0.25) is 0 Å². The molecule has 1 fully saturated rings. The third-order valence-corrected chi connectivity index (χ3v) is 4.45. The number of amides is 1. The molecule has 7 nitrogen and oxygen atoms in total. The number of para-hydroxylation sites is 1. The molecule has 1 aromatic heterocycles. The van der Waals surface area contributed by atoms with Crippen LogP contribution in [-0.4, -0.2) is 68.2 Å². The predicted molar refractivity (Wildman–Crippen MR) is 101 cm³/mol. The van der Waals surface area contributed by atoms with Crippen LogP contribution in [0.15, 0.2) is 39.7 Å². The van der Waals surface area contributed by atoms with E-state index in [0.29, 0.717) is 19.7 Å². The summed E-state index contributed by atoms with van der Waals surface area (Å²) in [6.45, 7) is 5.73. The molecule has 0 spiro atoms. The summed E-state index contributed by atoms with van der Waals surface area (Å²) < 4.78 is 10.9. The summed E-state index contributed by atoms with van der Waals surface area (Å²) in [7, 11) is 1.78. The Labute approximate surface area is 153 Å². The lowest BCUT2D eigenvalue weighted by molar-refractivity contribution is 0.0914. The van der Waals surface area contributed by atoms with Gasteiger partial charge in [0.2, 0.25) is 0 Å². The zero-order valence-corrected chi connectivity index (χ0v) is 15.4. The fourth-order valence-corrected chi connectivity index (χ4v) is 3.11. The number of carbonyl (C=O) groups excluding carboxylic acids is 1. The van der Waals surface area contributed by atoms with Crippen LogP contribution < -0.4 is 5.32 Å². The lowest BCUT2D eigenvalue weighted by atomic mass is 10.2. The van der Waals surface area contributed by atoms with E-state index >= 15 is 0 Å². The summed E-state index contributed by atoms with van der Waals surface area (Å²) in [4.78, 5) is 20.0. The maximum Gasteiger partial charge on any atom is 0.409 e. The van der Waals surface area contributed by atoms with Crippen LogP contribution in [0.5, 0.6) is 0 Å². The van der Waals surface area contributed by atoms with Crippen molar-refractivity contribution in [1.82, 2.24) is 15.1 Å². The molecule has 1 aliphatic heterocycles. The minimum absolute atomic E-state index is 0.236. The highest BCUT2D eigenvalue weighted by Crippen LogP contribution is 2.18. The van der Waals surface area contributed by atoms with Gasteiger partial charge in [-0.15, -0.1) is 0 Å². The van der Waals surface area contributed by atoms with E-state index in [4.69, 9.17) is 9.15 Å². The number of rotatable bonds is 4. The lowest BCUT2D eigenvalue weighted by Crippen LogP contribution is -2.54. The molecule has 0 bridgehead atoms. The van der Waals surface area contributed by atoms with Gasteiger partial charge < -0.3 is 24.3 Å². The highest BCUT2D eigenvalue weighted by molar-refractivity contribution is 5.80. The number of furan rings is 1. The van der Waals surface area contributed by atoms with Crippen molar-refractivity contribution in [2.45, 2.75) is 13.3 Å². The van der Waals surface area contributed by atoms with Crippen LogP contribution in [-0.2, 0) is 11.2 Å². The molecule has 26 heavy (non-hydrogen) atoms. The Morgan fingerprint density at radius 1 is 1.23 bits per heavy atom. The summed E-state index contributed by atoms with van der Waals surface area (Å²) in [6, 6.07) is 10.1. The average Bonchev–Trinajstić information content (AvgIpc) is 3.08. The molecule has 0 aliphatic carbocycles. The molecule has 1 aromatic carbocycles. The van der Waals surface area contributed by atoms with Gasteiger partial charge in [-0.1, -0.05) is 18.2 Å². The SMILES string of the molecule is CCOC(=O)N1CCN(C(=NC)NCCc2cc3ccccc3o2)CC1. The Balaban J connectivity index is 1.47. The van der Waals surface area contributed by atoms with Crippen molar-refractivity contribution in [2.75, 3.05) is 46.4 Å². The summed E-state index contributed by atoms with van der Waals surface area (Å²) in [5.41, 5.74) is 0.918. The first-order valence-electron chi connectivity index (χ1n) is 9.06. The second kappa shape index (κ2) is 8.60. The number of hydrogen-bond donors (Lipinski definition) is 1. The van der Waals surface area contributed by atoms with Crippen LogP contribution in [0.3, 0.4) is 0 Å². The standard InChI is InChI=1S/C19H26N4O3/c1-3-25-19(24)23-12-10-22(11-13-23)18(20-2)21-9-8-16-14-15-6-4-5-7-17(15)26-16/h4-7,14H,3,8-13H2,1-2H3,(H,20,21). The lowest BCUT2D eigenvalue weighted by Gasteiger charge is -2.35. The first-order chi connectivity index (χ1) is 12.7. The van der Waals surface area contributed by atoms with Gasteiger partial charge >= 0.3 is 6.09 Å². The molecule has 1 N–H and O–H groups in total. The van der Waals surface area contributed by atoms with E-state index in [1.807, 2.05) is 25.1 Å². The van der Waals surface area contributed by atoms with Gasteiger partial charge in [-0.25, -0.2) is 4.79 Å². The molecule has 0 radical (unpaired) electrons. The second-order valence-electron chi connectivity index (χ2n) is 6.15. The molecule has 0 saturated carbocycles. The largest absolute Gasteiger partial charge is 0.461 e. The number of guanidine groups is 1. The van der Waals surface area contributed by atoms with Gasteiger partial charge in [0.15, 0.2) is 5.96 Å². The van der Waals surface area contributed by atoms with Crippen molar-refractivity contribution in [1.29, 1.82) is 0 Å². The van der Waals surface area contributed by atoms with Gasteiger partial charge in [0.05, 0.1) is 6.61 Å².